The van der Waals surface area contributed by atoms with Crippen LogP contribution in [0.15, 0.2) is 65.5 Å². The summed E-state index contributed by atoms with van der Waals surface area (Å²) in [4.78, 5) is 36.6. The maximum Gasteiger partial charge on any atom is 0.343 e. The van der Waals surface area contributed by atoms with Crippen molar-refractivity contribution in [2.75, 3.05) is 19.8 Å². The third kappa shape index (κ3) is 19.0. The molecule has 0 N–H and O–H groups in total. The van der Waals surface area contributed by atoms with E-state index in [1.165, 1.54) is 89.2 Å². The van der Waals surface area contributed by atoms with E-state index in [-0.39, 0.29) is 11.7 Å². The van der Waals surface area contributed by atoms with Gasteiger partial charge in [0.2, 0.25) is 5.43 Å². The highest BCUT2D eigenvalue weighted by Crippen LogP contribution is 2.17. The monoisotopic (exact) mass is 650 g/mol. The predicted molar refractivity (Wildman–Crippen MR) is 190 cm³/mol. The molecule has 0 amide bonds. The molecule has 0 radical (unpaired) electrons. The first-order valence-corrected chi connectivity index (χ1v) is 18.0. The van der Waals surface area contributed by atoms with Gasteiger partial charge in [-0.3, -0.25) is 4.79 Å². The third-order valence-electron chi connectivity index (χ3n) is 7.99. The van der Waals surface area contributed by atoms with E-state index in [4.69, 9.17) is 18.9 Å². The van der Waals surface area contributed by atoms with Gasteiger partial charge in [0.05, 0.1) is 25.4 Å². The van der Waals surface area contributed by atoms with Gasteiger partial charge in [-0.25, -0.2) is 9.59 Å². The van der Waals surface area contributed by atoms with Crippen LogP contribution in [0.25, 0.3) is 0 Å². The summed E-state index contributed by atoms with van der Waals surface area (Å²) in [6.07, 6.45) is 21.8. The molecular formula is C40H58O7. The summed E-state index contributed by atoms with van der Waals surface area (Å²) in [6.45, 7) is 8.99. The molecule has 260 valence electrons. The Labute approximate surface area is 283 Å². The molecule has 47 heavy (non-hydrogen) atoms. The number of carbonyl (C=O) groups is 2. The number of hydrogen-bond donors (Lipinski definition) is 0. The second kappa shape index (κ2) is 25.5. The van der Waals surface area contributed by atoms with Crippen LogP contribution in [0.4, 0.5) is 0 Å². The number of rotatable bonds is 27. The lowest BCUT2D eigenvalue weighted by atomic mass is 10.0. The molecule has 0 saturated heterocycles. The van der Waals surface area contributed by atoms with E-state index < -0.39 is 11.4 Å². The first kappa shape index (κ1) is 39.6. The van der Waals surface area contributed by atoms with Crippen LogP contribution < -0.4 is 19.6 Å². The van der Waals surface area contributed by atoms with E-state index in [1.54, 1.807) is 43.3 Å². The number of unbranched alkanes of at least 4 members (excludes halogenated alkanes) is 16. The molecule has 0 unspecified atom stereocenters. The molecule has 0 aliphatic carbocycles. The first-order chi connectivity index (χ1) is 22.9. The number of ether oxygens (including phenoxy) is 4. The van der Waals surface area contributed by atoms with Crippen molar-refractivity contribution in [1.82, 2.24) is 0 Å². The van der Waals surface area contributed by atoms with Crippen LogP contribution in [-0.4, -0.2) is 31.8 Å². The molecule has 0 aliphatic rings. The molecule has 0 fully saturated rings. The first-order valence-electron chi connectivity index (χ1n) is 18.0. The van der Waals surface area contributed by atoms with Gasteiger partial charge in [-0.15, -0.1) is 0 Å². The van der Waals surface area contributed by atoms with Crippen LogP contribution >= 0.6 is 0 Å². The smallest absolute Gasteiger partial charge is 0.343 e. The molecule has 7 heteroatoms. The number of hydrogen-bond acceptors (Lipinski definition) is 7. The van der Waals surface area contributed by atoms with E-state index in [9.17, 15) is 14.4 Å². The van der Waals surface area contributed by atoms with Crippen LogP contribution in [-0.2, 0) is 9.53 Å². The zero-order chi connectivity index (χ0) is 34.0. The van der Waals surface area contributed by atoms with Gasteiger partial charge in [-0.1, -0.05) is 97.0 Å². The van der Waals surface area contributed by atoms with Crippen molar-refractivity contribution in [2.24, 2.45) is 0 Å². The van der Waals surface area contributed by atoms with Gasteiger partial charge in [0, 0.05) is 5.57 Å². The average molecular weight is 651 g/mol. The molecule has 0 spiro atoms. The molecule has 7 nitrogen and oxygen atoms in total. The molecule has 0 heterocycles. The summed E-state index contributed by atoms with van der Waals surface area (Å²) in [5, 5.41) is 0. The normalized spacial score (nSPS) is 10.8. The Morgan fingerprint density at radius 3 is 1.49 bits per heavy atom. The molecular weight excluding hydrogens is 592 g/mol. The lowest BCUT2D eigenvalue weighted by molar-refractivity contribution is -0.139. The summed E-state index contributed by atoms with van der Waals surface area (Å²) in [7, 11) is 0. The zero-order valence-corrected chi connectivity index (χ0v) is 29.0. The highest BCUT2D eigenvalue weighted by Gasteiger charge is 2.11. The van der Waals surface area contributed by atoms with Gasteiger partial charge in [0.1, 0.15) is 11.5 Å². The summed E-state index contributed by atoms with van der Waals surface area (Å²) >= 11 is 0. The number of esters is 2. The minimum Gasteiger partial charge on any atom is -0.494 e. The second-order valence-electron chi connectivity index (χ2n) is 12.3. The Bertz CT molecular complexity index is 1220. The number of carbonyl (C=O) groups excluding carboxylic acids is 2. The SMILES string of the molecule is C=C(C)C(=O)OCCCCCCOc1ccc(C(=O)Oc2ccc(OCCCCCCCCCCCCCCCC)ccc2=O)cc1. The zero-order valence-electron chi connectivity index (χ0n) is 29.0. The standard InChI is InChI=1S/C40H58O7/c1-4-5-6-7-8-9-10-11-12-13-14-15-16-19-30-45-36-26-28-37(41)38(29-27-36)47-40(43)34-22-24-35(25-23-34)44-31-20-17-18-21-32-46-39(42)33(2)3/h22-29H,2,4-21,30-32H2,1,3H3. The van der Waals surface area contributed by atoms with E-state index >= 15 is 0 Å². The summed E-state index contributed by atoms with van der Waals surface area (Å²) in [5.74, 6) is 0.212. The molecule has 0 aliphatic heterocycles. The topological polar surface area (TPSA) is 88.1 Å². The fourth-order valence-electron chi connectivity index (χ4n) is 5.08. The minimum absolute atomic E-state index is 0.0453. The summed E-state index contributed by atoms with van der Waals surface area (Å²) < 4.78 is 22.1. The van der Waals surface area contributed by atoms with Gasteiger partial charge in [-0.05, 0) is 87.6 Å². The highest BCUT2D eigenvalue weighted by atomic mass is 16.5. The van der Waals surface area contributed by atoms with Gasteiger partial charge < -0.3 is 18.9 Å². The molecule has 0 atom stereocenters. The van der Waals surface area contributed by atoms with E-state index in [0.29, 0.717) is 42.5 Å². The molecule has 0 saturated carbocycles. The van der Waals surface area contributed by atoms with Crippen LogP contribution in [0.3, 0.4) is 0 Å². The lowest BCUT2D eigenvalue weighted by Crippen LogP contribution is -2.13. The van der Waals surface area contributed by atoms with Gasteiger partial charge in [0.25, 0.3) is 0 Å². The molecule has 0 bridgehead atoms. The van der Waals surface area contributed by atoms with E-state index in [1.807, 2.05) is 0 Å². The van der Waals surface area contributed by atoms with Crippen molar-refractivity contribution in [3.8, 4) is 17.2 Å². The predicted octanol–water partition coefficient (Wildman–Crippen LogP) is 10.2. The van der Waals surface area contributed by atoms with Gasteiger partial charge in [-0.2, -0.15) is 0 Å². The lowest BCUT2D eigenvalue weighted by Gasteiger charge is -2.08. The Kier molecular flexibility index (Phi) is 21.4. The largest absolute Gasteiger partial charge is 0.494 e. The summed E-state index contributed by atoms with van der Waals surface area (Å²) in [6, 6.07) is 12.8. The van der Waals surface area contributed by atoms with Crippen LogP contribution in [0.1, 0.15) is 140 Å². The van der Waals surface area contributed by atoms with Crippen molar-refractivity contribution in [1.29, 1.82) is 0 Å². The highest BCUT2D eigenvalue weighted by molar-refractivity contribution is 5.91. The Balaban J connectivity index is 1.58. The second-order valence-corrected chi connectivity index (χ2v) is 12.3. The third-order valence-corrected chi connectivity index (χ3v) is 7.99. The molecule has 0 aromatic heterocycles. The molecule has 2 aromatic carbocycles. The fraction of sp³-hybridized carbons (Fsp3) is 0.575. The average Bonchev–Trinajstić information content (AvgIpc) is 3.24. The maximum atomic E-state index is 12.7. The van der Waals surface area contributed by atoms with Crippen LogP contribution in [0.5, 0.6) is 17.2 Å². The maximum absolute atomic E-state index is 12.7. The van der Waals surface area contributed by atoms with Gasteiger partial charge >= 0.3 is 11.9 Å². The Hall–Kier alpha value is -3.61. The summed E-state index contributed by atoms with van der Waals surface area (Å²) in [5.41, 5.74) is 0.340. The minimum atomic E-state index is -0.614. The fourth-order valence-corrected chi connectivity index (χ4v) is 5.08. The van der Waals surface area contributed by atoms with Crippen LogP contribution in [0, 0.1) is 0 Å². The van der Waals surface area contributed by atoms with Crippen LogP contribution in [0.2, 0.25) is 0 Å². The Morgan fingerprint density at radius 2 is 1.00 bits per heavy atom. The molecule has 2 rings (SSSR count). The van der Waals surface area contributed by atoms with Crippen molar-refractivity contribution in [2.45, 2.75) is 129 Å². The quantitative estimate of drug-likeness (QED) is 0.0540. The number of benzene rings is 1. The van der Waals surface area contributed by atoms with Gasteiger partial charge in [0.15, 0.2) is 5.75 Å². The van der Waals surface area contributed by atoms with Crippen molar-refractivity contribution in [3.63, 3.8) is 0 Å². The Morgan fingerprint density at radius 1 is 0.574 bits per heavy atom. The van der Waals surface area contributed by atoms with Crippen molar-refractivity contribution >= 4 is 11.9 Å². The van der Waals surface area contributed by atoms with Crippen molar-refractivity contribution < 1.29 is 28.5 Å². The molecule has 2 aromatic rings. The van der Waals surface area contributed by atoms with E-state index in [0.717, 1.165) is 38.5 Å². The van der Waals surface area contributed by atoms with E-state index in [2.05, 4.69) is 13.5 Å². The van der Waals surface area contributed by atoms with Crippen molar-refractivity contribution in [3.05, 3.63) is 76.5 Å².